The van der Waals surface area contributed by atoms with E-state index in [-0.39, 0.29) is 5.56 Å². The molecular formula is C16H16F2N2O. The SMILES string of the molecule is NCCCc1cccc(NC(=O)c2cc(F)cc(F)c2)c1. The monoisotopic (exact) mass is 290 g/mol. The van der Waals surface area contributed by atoms with E-state index in [9.17, 15) is 13.6 Å². The highest BCUT2D eigenvalue weighted by Crippen LogP contribution is 2.15. The molecule has 0 atom stereocenters. The Balaban J connectivity index is 2.11. The molecule has 2 aromatic carbocycles. The molecule has 0 aliphatic carbocycles. The molecule has 0 spiro atoms. The molecule has 3 nitrogen and oxygen atoms in total. The first kappa shape index (κ1) is 15.1. The number of carbonyl (C=O) groups is 1. The van der Waals surface area contributed by atoms with E-state index in [4.69, 9.17) is 5.73 Å². The van der Waals surface area contributed by atoms with Crippen molar-refractivity contribution in [1.29, 1.82) is 0 Å². The van der Waals surface area contributed by atoms with Crippen molar-refractivity contribution < 1.29 is 13.6 Å². The van der Waals surface area contributed by atoms with Crippen LogP contribution in [0.25, 0.3) is 0 Å². The quantitative estimate of drug-likeness (QED) is 0.889. The minimum absolute atomic E-state index is 0.0557. The Labute approximate surface area is 121 Å². The molecule has 0 aliphatic rings. The van der Waals surface area contributed by atoms with Gasteiger partial charge in [0.1, 0.15) is 11.6 Å². The highest BCUT2D eigenvalue weighted by Gasteiger charge is 2.09. The smallest absolute Gasteiger partial charge is 0.255 e. The highest BCUT2D eigenvalue weighted by molar-refractivity contribution is 6.04. The van der Waals surface area contributed by atoms with Gasteiger partial charge in [0.05, 0.1) is 0 Å². The van der Waals surface area contributed by atoms with Crippen molar-refractivity contribution in [2.24, 2.45) is 5.73 Å². The van der Waals surface area contributed by atoms with Crippen LogP contribution in [0.15, 0.2) is 42.5 Å². The zero-order valence-corrected chi connectivity index (χ0v) is 11.4. The van der Waals surface area contributed by atoms with Crippen LogP contribution in [0.3, 0.4) is 0 Å². The lowest BCUT2D eigenvalue weighted by atomic mass is 10.1. The molecule has 0 aromatic heterocycles. The number of hydrogen-bond donors (Lipinski definition) is 2. The number of nitrogens with one attached hydrogen (secondary N) is 1. The van der Waals surface area contributed by atoms with Gasteiger partial charge in [-0.05, 0) is 49.2 Å². The summed E-state index contributed by atoms with van der Waals surface area (Å²) < 4.78 is 26.2. The molecular weight excluding hydrogens is 274 g/mol. The first-order valence-corrected chi connectivity index (χ1v) is 6.65. The molecule has 0 aliphatic heterocycles. The Morgan fingerprint density at radius 3 is 2.48 bits per heavy atom. The fourth-order valence-electron chi connectivity index (χ4n) is 2.00. The van der Waals surface area contributed by atoms with Gasteiger partial charge < -0.3 is 11.1 Å². The molecule has 0 unspecified atom stereocenters. The van der Waals surface area contributed by atoms with Gasteiger partial charge >= 0.3 is 0 Å². The normalized spacial score (nSPS) is 10.4. The van der Waals surface area contributed by atoms with Crippen LogP contribution in [0.1, 0.15) is 22.3 Å². The van der Waals surface area contributed by atoms with E-state index in [0.717, 1.165) is 36.6 Å². The van der Waals surface area contributed by atoms with E-state index in [0.29, 0.717) is 12.2 Å². The summed E-state index contributed by atoms with van der Waals surface area (Å²) >= 11 is 0. The lowest BCUT2D eigenvalue weighted by Crippen LogP contribution is -2.12. The lowest BCUT2D eigenvalue weighted by Gasteiger charge is -2.08. The number of hydrogen-bond acceptors (Lipinski definition) is 2. The zero-order valence-electron chi connectivity index (χ0n) is 11.4. The van der Waals surface area contributed by atoms with Crippen LogP contribution >= 0.6 is 0 Å². The van der Waals surface area contributed by atoms with Crippen LogP contribution in [0.2, 0.25) is 0 Å². The van der Waals surface area contributed by atoms with Gasteiger partial charge in [0.15, 0.2) is 0 Å². The van der Waals surface area contributed by atoms with Crippen molar-refractivity contribution in [2.45, 2.75) is 12.8 Å². The summed E-state index contributed by atoms with van der Waals surface area (Å²) in [6.45, 7) is 0.596. The molecule has 1 amide bonds. The summed E-state index contributed by atoms with van der Waals surface area (Å²) in [6, 6.07) is 10.0. The lowest BCUT2D eigenvalue weighted by molar-refractivity contribution is 0.102. The van der Waals surface area contributed by atoms with Gasteiger partial charge in [-0.2, -0.15) is 0 Å². The largest absolute Gasteiger partial charge is 0.330 e. The molecule has 0 radical (unpaired) electrons. The molecule has 110 valence electrons. The predicted molar refractivity (Wildman–Crippen MR) is 78.1 cm³/mol. The maximum absolute atomic E-state index is 13.1. The van der Waals surface area contributed by atoms with Crippen molar-refractivity contribution in [1.82, 2.24) is 0 Å². The standard InChI is InChI=1S/C16H16F2N2O/c17-13-8-12(9-14(18)10-13)16(21)20-15-5-1-3-11(7-15)4-2-6-19/h1,3,5,7-10H,2,4,6,19H2,(H,20,21). The zero-order chi connectivity index (χ0) is 15.2. The first-order valence-electron chi connectivity index (χ1n) is 6.65. The summed E-state index contributed by atoms with van der Waals surface area (Å²) in [6.07, 6.45) is 1.67. The summed E-state index contributed by atoms with van der Waals surface area (Å²) in [5, 5.41) is 2.63. The van der Waals surface area contributed by atoms with Crippen molar-refractivity contribution in [3.63, 3.8) is 0 Å². The summed E-state index contributed by atoms with van der Waals surface area (Å²) in [5.41, 5.74) is 7.03. The van der Waals surface area contributed by atoms with Gasteiger partial charge in [-0.1, -0.05) is 12.1 Å². The van der Waals surface area contributed by atoms with Crippen LogP contribution in [0, 0.1) is 11.6 Å². The number of nitrogens with two attached hydrogens (primary N) is 1. The van der Waals surface area contributed by atoms with E-state index in [2.05, 4.69) is 5.32 Å². The number of rotatable bonds is 5. The van der Waals surface area contributed by atoms with E-state index in [1.54, 1.807) is 6.07 Å². The minimum atomic E-state index is -0.781. The molecule has 3 N–H and O–H groups in total. The summed E-state index contributed by atoms with van der Waals surface area (Å²) in [5.74, 6) is -2.11. The topological polar surface area (TPSA) is 55.1 Å². The Morgan fingerprint density at radius 2 is 1.81 bits per heavy atom. The second kappa shape index (κ2) is 6.95. The number of anilines is 1. The summed E-state index contributed by atoms with van der Waals surface area (Å²) in [4.78, 5) is 12.0. The third-order valence-corrected chi connectivity index (χ3v) is 2.98. The first-order chi connectivity index (χ1) is 10.1. The van der Waals surface area contributed by atoms with Crippen LogP contribution in [0.4, 0.5) is 14.5 Å². The molecule has 0 fully saturated rings. The third kappa shape index (κ3) is 4.36. The van der Waals surface area contributed by atoms with Crippen molar-refractivity contribution >= 4 is 11.6 Å². The van der Waals surface area contributed by atoms with Crippen molar-refractivity contribution in [3.8, 4) is 0 Å². The van der Waals surface area contributed by atoms with Gasteiger partial charge in [-0.25, -0.2) is 8.78 Å². The molecule has 0 bridgehead atoms. The Bertz CT molecular complexity index is 624. The fourth-order valence-corrected chi connectivity index (χ4v) is 2.00. The Morgan fingerprint density at radius 1 is 1.10 bits per heavy atom. The van der Waals surface area contributed by atoms with Gasteiger partial charge in [0, 0.05) is 17.3 Å². The Kier molecular flexibility index (Phi) is 5.00. The Hall–Kier alpha value is -2.27. The minimum Gasteiger partial charge on any atom is -0.330 e. The molecule has 0 saturated heterocycles. The van der Waals surface area contributed by atoms with Crippen molar-refractivity contribution in [3.05, 3.63) is 65.2 Å². The molecule has 0 heterocycles. The molecule has 0 saturated carbocycles. The van der Waals surface area contributed by atoms with Crippen LogP contribution < -0.4 is 11.1 Å². The summed E-state index contributed by atoms with van der Waals surface area (Å²) in [7, 11) is 0. The molecule has 5 heteroatoms. The van der Waals surface area contributed by atoms with E-state index in [1.165, 1.54) is 0 Å². The second-order valence-electron chi connectivity index (χ2n) is 4.70. The number of aryl methyl sites for hydroxylation is 1. The van der Waals surface area contributed by atoms with Gasteiger partial charge in [-0.3, -0.25) is 4.79 Å². The van der Waals surface area contributed by atoms with E-state index >= 15 is 0 Å². The average molecular weight is 290 g/mol. The van der Waals surface area contributed by atoms with Gasteiger partial charge in [-0.15, -0.1) is 0 Å². The van der Waals surface area contributed by atoms with Crippen LogP contribution in [0.5, 0.6) is 0 Å². The molecule has 2 rings (SSSR count). The second-order valence-corrected chi connectivity index (χ2v) is 4.70. The molecule has 21 heavy (non-hydrogen) atoms. The van der Waals surface area contributed by atoms with Gasteiger partial charge in [0.25, 0.3) is 5.91 Å². The van der Waals surface area contributed by atoms with Crippen molar-refractivity contribution in [2.75, 3.05) is 11.9 Å². The number of benzene rings is 2. The maximum atomic E-state index is 13.1. The van der Waals surface area contributed by atoms with Crippen LogP contribution in [-0.2, 0) is 6.42 Å². The van der Waals surface area contributed by atoms with Gasteiger partial charge in [0.2, 0.25) is 0 Å². The molecule has 2 aromatic rings. The maximum Gasteiger partial charge on any atom is 0.255 e. The average Bonchev–Trinajstić information content (AvgIpc) is 2.44. The predicted octanol–water partition coefficient (Wildman–Crippen LogP) is 3.11. The third-order valence-electron chi connectivity index (χ3n) is 2.98. The number of amides is 1. The number of carbonyl (C=O) groups excluding carboxylic acids is 1. The van der Waals surface area contributed by atoms with Crippen LogP contribution in [-0.4, -0.2) is 12.5 Å². The van der Waals surface area contributed by atoms with E-state index < -0.39 is 17.5 Å². The van der Waals surface area contributed by atoms with E-state index in [1.807, 2.05) is 18.2 Å². The fraction of sp³-hybridized carbons (Fsp3) is 0.188. The number of halogens is 2. The highest BCUT2D eigenvalue weighted by atomic mass is 19.1.